The van der Waals surface area contributed by atoms with E-state index in [0.29, 0.717) is 5.92 Å². The van der Waals surface area contributed by atoms with E-state index in [1.54, 1.807) is 0 Å². The van der Waals surface area contributed by atoms with Crippen LogP contribution < -0.4 is 4.90 Å². The van der Waals surface area contributed by atoms with Crippen LogP contribution in [0, 0.1) is 0 Å². The molecule has 1 aliphatic rings. The number of fused-ring (bicyclic) bond motifs is 2. The zero-order valence-electron chi connectivity index (χ0n) is 35.6. The van der Waals surface area contributed by atoms with Crippen LogP contribution in [0.2, 0.25) is 0 Å². The number of rotatable bonds is 8. The Balaban J connectivity index is 1.13. The molecule has 0 saturated heterocycles. The molecule has 0 N–H and O–H groups in total. The summed E-state index contributed by atoms with van der Waals surface area (Å²) in [5.41, 5.74) is 16.1. The fourth-order valence-corrected chi connectivity index (χ4v) is 9.82. The Morgan fingerprint density at radius 1 is 0.410 bits per heavy atom. The molecule has 1 fully saturated rings. The van der Waals surface area contributed by atoms with Gasteiger partial charge in [0.1, 0.15) is 0 Å². The summed E-state index contributed by atoms with van der Waals surface area (Å²) >= 11 is 0. The van der Waals surface area contributed by atoms with Crippen molar-refractivity contribution in [3.8, 4) is 44.5 Å². The second-order valence-electron chi connectivity index (χ2n) is 17.9. The first-order chi connectivity index (χ1) is 29.9. The lowest BCUT2D eigenvalue weighted by Gasteiger charge is -2.32. The maximum absolute atomic E-state index is 2.51. The highest BCUT2D eigenvalue weighted by molar-refractivity contribution is 6.04. The van der Waals surface area contributed by atoms with Crippen LogP contribution >= 0.6 is 0 Å². The Hall–Kier alpha value is -6.70. The van der Waals surface area contributed by atoms with Gasteiger partial charge in [-0.05, 0) is 121 Å². The highest BCUT2D eigenvalue weighted by Crippen LogP contribution is 2.48. The van der Waals surface area contributed by atoms with Crippen molar-refractivity contribution in [2.24, 2.45) is 0 Å². The summed E-state index contributed by atoms with van der Waals surface area (Å²) in [4.78, 5) is 2.51. The lowest BCUT2D eigenvalue weighted by Crippen LogP contribution is -2.15. The molecule has 0 unspecified atom stereocenters. The summed E-state index contributed by atoms with van der Waals surface area (Å²) < 4.78 is 0. The van der Waals surface area contributed by atoms with Crippen LogP contribution in [-0.4, -0.2) is 0 Å². The quantitative estimate of drug-likeness (QED) is 0.148. The minimum atomic E-state index is -0.00587. The fourth-order valence-electron chi connectivity index (χ4n) is 9.82. The van der Waals surface area contributed by atoms with Crippen LogP contribution in [0.4, 0.5) is 17.1 Å². The van der Waals surface area contributed by atoms with Crippen molar-refractivity contribution in [1.82, 2.24) is 0 Å². The molecule has 1 saturated carbocycles. The van der Waals surface area contributed by atoms with Gasteiger partial charge in [-0.3, -0.25) is 0 Å². The Bertz CT molecular complexity index is 2950. The molecule has 0 amide bonds. The molecule has 1 nitrogen and oxygen atoms in total. The van der Waals surface area contributed by atoms with E-state index in [0.717, 1.165) is 11.4 Å². The highest BCUT2D eigenvalue weighted by Gasteiger charge is 2.25. The van der Waals surface area contributed by atoms with E-state index in [2.05, 4.69) is 226 Å². The van der Waals surface area contributed by atoms with Gasteiger partial charge in [-0.15, -0.1) is 0 Å². The molecule has 0 radical (unpaired) electrons. The van der Waals surface area contributed by atoms with Gasteiger partial charge in [0, 0.05) is 16.8 Å². The van der Waals surface area contributed by atoms with Crippen molar-refractivity contribution in [2.75, 3.05) is 4.90 Å². The van der Waals surface area contributed by atoms with Gasteiger partial charge in [0.05, 0.1) is 11.4 Å². The largest absolute Gasteiger partial charge is 0.309 e. The zero-order valence-corrected chi connectivity index (χ0v) is 35.6. The Morgan fingerprint density at radius 2 is 0.967 bits per heavy atom. The zero-order chi connectivity index (χ0) is 41.3. The smallest absolute Gasteiger partial charge is 0.0540 e. The van der Waals surface area contributed by atoms with Gasteiger partial charge in [0.15, 0.2) is 0 Å². The molecule has 0 bridgehead atoms. The second-order valence-corrected chi connectivity index (χ2v) is 17.9. The topological polar surface area (TPSA) is 3.24 Å². The van der Waals surface area contributed by atoms with Crippen LogP contribution in [0.5, 0.6) is 0 Å². The van der Waals surface area contributed by atoms with Crippen LogP contribution in [0.15, 0.2) is 200 Å². The van der Waals surface area contributed by atoms with Gasteiger partial charge in [-0.1, -0.05) is 210 Å². The SMILES string of the molecule is CC(C)(C)c1ccc(N(c2ccc(-c3ccc(-c4cccc5ccccc45)cc3)cc2)c2ccccc2-c2cccc3cccc(C4CCCCC4)c23)c(-c2ccccc2)c1. The Morgan fingerprint density at radius 3 is 1.72 bits per heavy atom. The molecule has 1 aliphatic carbocycles. The summed E-state index contributed by atoms with van der Waals surface area (Å²) in [6, 6.07) is 74.5. The van der Waals surface area contributed by atoms with Crippen molar-refractivity contribution in [3.63, 3.8) is 0 Å². The highest BCUT2D eigenvalue weighted by atomic mass is 15.1. The third-order valence-electron chi connectivity index (χ3n) is 13.0. The van der Waals surface area contributed by atoms with Crippen LogP contribution in [-0.2, 0) is 5.41 Å². The second kappa shape index (κ2) is 16.4. The maximum Gasteiger partial charge on any atom is 0.0540 e. The summed E-state index contributed by atoms with van der Waals surface area (Å²) in [6.07, 6.45) is 6.49. The van der Waals surface area contributed by atoms with E-state index in [4.69, 9.17) is 0 Å². The number of hydrogen-bond donors (Lipinski definition) is 0. The first kappa shape index (κ1) is 38.5. The minimum Gasteiger partial charge on any atom is -0.309 e. The molecule has 9 aromatic carbocycles. The first-order valence-electron chi connectivity index (χ1n) is 22.2. The third kappa shape index (κ3) is 7.55. The fraction of sp³-hybridized carbons (Fsp3) is 0.167. The van der Waals surface area contributed by atoms with Crippen molar-refractivity contribution < 1.29 is 0 Å². The number of anilines is 3. The molecular weight excluding hydrogens is 735 g/mol. The van der Waals surface area contributed by atoms with Crippen LogP contribution in [0.1, 0.15) is 69.9 Å². The van der Waals surface area contributed by atoms with E-state index in [9.17, 15) is 0 Å². The van der Waals surface area contributed by atoms with Gasteiger partial charge < -0.3 is 4.90 Å². The van der Waals surface area contributed by atoms with Gasteiger partial charge >= 0.3 is 0 Å². The van der Waals surface area contributed by atoms with Crippen molar-refractivity contribution in [1.29, 1.82) is 0 Å². The lowest BCUT2D eigenvalue weighted by atomic mass is 9.80. The molecule has 0 aliphatic heterocycles. The molecule has 298 valence electrons. The number of benzene rings is 9. The maximum atomic E-state index is 2.51. The average Bonchev–Trinajstić information content (AvgIpc) is 3.32. The molecule has 61 heavy (non-hydrogen) atoms. The standard InChI is InChI=1S/C60H53N/c1-60(2,3)49-37-40-58(56(41-49)46-19-8-5-9-20-46)61(50-38-35-43(36-39-50)42-31-33-47(34-32-42)52-27-14-22-44-21-10-11-25-51(44)52)57-30-13-12-26-54(57)55-29-16-24-48-23-15-28-53(59(48)55)45-17-6-4-7-18-45/h5,8-16,19-41,45H,4,6-7,17-18H2,1-3H3. The minimum absolute atomic E-state index is 0.00587. The van der Waals surface area contributed by atoms with E-state index in [1.165, 1.54) is 115 Å². The lowest BCUT2D eigenvalue weighted by molar-refractivity contribution is 0.445. The van der Waals surface area contributed by atoms with E-state index in [-0.39, 0.29) is 5.41 Å². The summed E-state index contributed by atoms with van der Waals surface area (Å²) in [5.74, 6) is 0.588. The molecule has 0 heterocycles. The summed E-state index contributed by atoms with van der Waals surface area (Å²) in [7, 11) is 0. The molecule has 1 heteroatoms. The van der Waals surface area contributed by atoms with E-state index in [1.807, 2.05) is 0 Å². The van der Waals surface area contributed by atoms with Gasteiger partial charge in [0.25, 0.3) is 0 Å². The van der Waals surface area contributed by atoms with Crippen molar-refractivity contribution in [3.05, 3.63) is 211 Å². The molecular formula is C60H53N. The van der Waals surface area contributed by atoms with Gasteiger partial charge in [-0.2, -0.15) is 0 Å². The Labute approximate surface area is 362 Å². The van der Waals surface area contributed by atoms with Gasteiger partial charge in [-0.25, -0.2) is 0 Å². The number of hydrogen-bond acceptors (Lipinski definition) is 1. The predicted octanol–water partition coefficient (Wildman–Crippen LogP) is 17.5. The van der Waals surface area contributed by atoms with Crippen molar-refractivity contribution >= 4 is 38.6 Å². The Kier molecular flexibility index (Phi) is 10.3. The molecule has 0 aromatic heterocycles. The molecule has 9 aromatic rings. The van der Waals surface area contributed by atoms with E-state index >= 15 is 0 Å². The van der Waals surface area contributed by atoms with Crippen LogP contribution in [0.3, 0.4) is 0 Å². The molecule has 10 rings (SSSR count). The molecule has 0 spiro atoms. The number of para-hydroxylation sites is 1. The summed E-state index contributed by atoms with van der Waals surface area (Å²) in [5, 5.41) is 5.26. The normalized spacial score (nSPS) is 13.4. The van der Waals surface area contributed by atoms with Gasteiger partial charge in [0.2, 0.25) is 0 Å². The predicted molar refractivity (Wildman–Crippen MR) is 262 cm³/mol. The average molecular weight is 788 g/mol. The van der Waals surface area contributed by atoms with Crippen molar-refractivity contribution in [2.45, 2.75) is 64.2 Å². The van der Waals surface area contributed by atoms with E-state index < -0.39 is 0 Å². The summed E-state index contributed by atoms with van der Waals surface area (Å²) in [6.45, 7) is 6.92. The number of nitrogens with zero attached hydrogens (tertiary/aromatic N) is 1. The monoisotopic (exact) mass is 787 g/mol. The van der Waals surface area contributed by atoms with Crippen LogP contribution in [0.25, 0.3) is 66.1 Å². The third-order valence-corrected chi connectivity index (χ3v) is 13.0. The molecule has 0 atom stereocenters. The first-order valence-corrected chi connectivity index (χ1v) is 22.2.